The summed E-state index contributed by atoms with van der Waals surface area (Å²) >= 11 is 0. The summed E-state index contributed by atoms with van der Waals surface area (Å²) in [5, 5.41) is 12.7. The molecule has 9 heteroatoms. The predicted molar refractivity (Wildman–Crippen MR) is 114 cm³/mol. The fourth-order valence-corrected chi connectivity index (χ4v) is 3.35. The average molecular weight is 421 g/mol. The molecule has 2 aromatic heterocycles. The zero-order chi connectivity index (χ0) is 22.1. The van der Waals surface area contributed by atoms with Gasteiger partial charge < -0.3 is 18.7 Å². The van der Waals surface area contributed by atoms with Gasteiger partial charge in [-0.25, -0.2) is 4.68 Å². The monoisotopic (exact) mass is 421 g/mol. The maximum absolute atomic E-state index is 5.50. The van der Waals surface area contributed by atoms with Crippen LogP contribution in [0.4, 0.5) is 0 Å². The van der Waals surface area contributed by atoms with Gasteiger partial charge in [0, 0.05) is 5.56 Å². The van der Waals surface area contributed by atoms with Crippen molar-refractivity contribution < 1.29 is 18.7 Å². The van der Waals surface area contributed by atoms with Gasteiger partial charge in [0.2, 0.25) is 11.6 Å². The predicted octanol–water partition coefficient (Wildman–Crippen LogP) is 3.94. The number of nitrogens with zero attached hydrogens (tertiary/aromatic N) is 5. The van der Waals surface area contributed by atoms with E-state index in [9.17, 15) is 0 Å². The van der Waals surface area contributed by atoms with Gasteiger partial charge in [-0.2, -0.15) is 4.98 Å². The number of rotatable bonds is 6. The molecular weight excluding hydrogens is 398 g/mol. The molecule has 9 nitrogen and oxygen atoms in total. The van der Waals surface area contributed by atoms with Crippen LogP contribution in [-0.4, -0.2) is 46.5 Å². The van der Waals surface area contributed by atoms with Crippen LogP contribution in [0.5, 0.6) is 17.2 Å². The van der Waals surface area contributed by atoms with Crippen LogP contribution >= 0.6 is 0 Å². The summed E-state index contributed by atoms with van der Waals surface area (Å²) in [6.07, 6.45) is 0. The maximum atomic E-state index is 5.50. The van der Waals surface area contributed by atoms with Gasteiger partial charge in [0.1, 0.15) is 0 Å². The van der Waals surface area contributed by atoms with E-state index in [1.54, 1.807) is 38.1 Å². The number of benzene rings is 2. The Kier molecular flexibility index (Phi) is 5.33. The smallest absolute Gasteiger partial charge is 0.280 e. The Labute approximate surface area is 179 Å². The molecule has 2 heterocycles. The van der Waals surface area contributed by atoms with Gasteiger partial charge in [-0.05, 0) is 50.1 Å². The molecule has 0 spiro atoms. The van der Waals surface area contributed by atoms with Gasteiger partial charge in [-0.3, -0.25) is 0 Å². The van der Waals surface area contributed by atoms with Crippen LogP contribution in [0.1, 0.15) is 16.8 Å². The van der Waals surface area contributed by atoms with Gasteiger partial charge >= 0.3 is 0 Å². The molecule has 0 saturated carbocycles. The van der Waals surface area contributed by atoms with Crippen LogP contribution in [0.25, 0.3) is 28.7 Å². The van der Waals surface area contributed by atoms with Crippen LogP contribution in [0, 0.1) is 20.8 Å². The average Bonchev–Trinajstić information content (AvgIpc) is 3.41. The first-order valence-electron chi connectivity index (χ1n) is 9.61. The Hall–Kier alpha value is -3.88. The van der Waals surface area contributed by atoms with Crippen molar-refractivity contribution in [2.45, 2.75) is 20.8 Å². The van der Waals surface area contributed by atoms with Crippen LogP contribution in [0.3, 0.4) is 0 Å². The first-order chi connectivity index (χ1) is 15.0. The lowest BCUT2D eigenvalue weighted by molar-refractivity contribution is 0.324. The summed E-state index contributed by atoms with van der Waals surface area (Å²) in [6, 6.07) is 9.70. The highest BCUT2D eigenvalue weighted by molar-refractivity contribution is 5.67. The summed E-state index contributed by atoms with van der Waals surface area (Å²) in [5.41, 5.74) is 5.17. The zero-order valence-corrected chi connectivity index (χ0v) is 18.3. The molecule has 0 fully saturated rings. The third-order valence-electron chi connectivity index (χ3n) is 5.04. The van der Waals surface area contributed by atoms with Gasteiger partial charge in [0.25, 0.3) is 5.89 Å². The Morgan fingerprint density at radius 3 is 2.26 bits per heavy atom. The highest BCUT2D eigenvalue weighted by Gasteiger charge is 2.21. The first kappa shape index (κ1) is 20.4. The molecule has 160 valence electrons. The van der Waals surface area contributed by atoms with E-state index < -0.39 is 0 Å². The second kappa shape index (κ2) is 8.10. The van der Waals surface area contributed by atoms with E-state index in [0.29, 0.717) is 34.3 Å². The van der Waals surface area contributed by atoms with Gasteiger partial charge in [-0.15, -0.1) is 5.10 Å². The molecular formula is C22H23N5O4. The lowest BCUT2D eigenvalue weighted by atomic mass is 10.1. The highest BCUT2D eigenvalue weighted by atomic mass is 16.5. The standard InChI is InChI=1S/C22H23N5O4/c1-12-7-8-13(2)16(9-12)27-14(3)19(24-26-27)22-23-21(25-31-22)15-10-17(28-4)20(30-6)18(11-15)29-5/h7-11H,1-6H3. The largest absolute Gasteiger partial charge is 0.493 e. The molecule has 31 heavy (non-hydrogen) atoms. The minimum Gasteiger partial charge on any atom is -0.493 e. The van der Waals surface area contributed by atoms with E-state index in [4.69, 9.17) is 18.7 Å². The Balaban J connectivity index is 1.74. The second-order valence-corrected chi connectivity index (χ2v) is 7.06. The van der Waals surface area contributed by atoms with Crippen molar-refractivity contribution in [1.82, 2.24) is 25.1 Å². The van der Waals surface area contributed by atoms with Crippen molar-refractivity contribution >= 4 is 0 Å². The number of hydrogen-bond donors (Lipinski definition) is 0. The number of aromatic nitrogens is 5. The lowest BCUT2D eigenvalue weighted by Gasteiger charge is -2.12. The van der Waals surface area contributed by atoms with Crippen LogP contribution in [0.2, 0.25) is 0 Å². The third kappa shape index (κ3) is 3.58. The Bertz CT molecular complexity index is 1220. The van der Waals surface area contributed by atoms with E-state index in [0.717, 1.165) is 22.5 Å². The fourth-order valence-electron chi connectivity index (χ4n) is 3.35. The van der Waals surface area contributed by atoms with E-state index in [-0.39, 0.29) is 5.89 Å². The van der Waals surface area contributed by atoms with Gasteiger partial charge in [0.05, 0.1) is 32.7 Å². The molecule has 0 N–H and O–H groups in total. The summed E-state index contributed by atoms with van der Waals surface area (Å²) in [4.78, 5) is 4.52. The number of aryl methyl sites for hydroxylation is 2. The Morgan fingerprint density at radius 2 is 1.61 bits per heavy atom. The zero-order valence-electron chi connectivity index (χ0n) is 18.3. The number of hydrogen-bond acceptors (Lipinski definition) is 8. The van der Waals surface area contributed by atoms with Crippen LogP contribution < -0.4 is 14.2 Å². The second-order valence-electron chi connectivity index (χ2n) is 7.06. The molecule has 0 saturated heterocycles. The fraction of sp³-hybridized carbons (Fsp3) is 0.273. The lowest BCUT2D eigenvalue weighted by Crippen LogP contribution is -2.02. The molecule has 0 bridgehead atoms. The normalized spacial score (nSPS) is 10.9. The molecule has 0 aliphatic carbocycles. The Morgan fingerprint density at radius 1 is 0.903 bits per heavy atom. The van der Waals surface area contributed by atoms with Crippen molar-refractivity contribution in [3.8, 4) is 45.9 Å². The quantitative estimate of drug-likeness (QED) is 0.462. The SMILES string of the molecule is COc1cc(-c2noc(-c3nnn(-c4cc(C)ccc4C)c3C)n2)cc(OC)c1OC. The van der Waals surface area contributed by atoms with Gasteiger partial charge in [0.15, 0.2) is 17.2 Å². The van der Waals surface area contributed by atoms with Crippen LogP contribution in [-0.2, 0) is 0 Å². The van der Waals surface area contributed by atoms with E-state index in [1.165, 1.54) is 0 Å². The van der Waals surface area contributed by atoms with Crippen molar-refractivity contribution in [1.29, 1.82) is 0 Å². The first-order valence-corrected chi connectivity index (χ1v) is 9.61. The highest BCUT2D eigenvalue weighted by Crippen LogP contribution is 2.40. The summed E-state index contributed by atoms with van der Waals surface area (Å²) in [5.74, 6) is 2.14. The molecule has 0 unspecified atom stereocenters. The van der Waals surface area contributed by atoms with Gasteiger partial charge in [-0.1, -0.05) is 22.5 Å². The van der Waals surface area contributed by atoms with Crippen molar-refractivity contribution in [3.63, 3.8) is 0 Å². The van der Waals surface area contributed by atoms with E-state index >= 15 is 0 Å². The summed E-state index contributed by atoms with van der Waals surface area (Å²) < 4.78 is 23.5. The van der Waals surface area contributed by atoms with E-state index in [1.807, 2.05) is 20.8 Å². The third-order valence-corrected chi connectivity index (χ3v) is 5.04. The van der Waals surface area contributed by atoms with E-state index in [2.05, 4.69) is 38.7 Å². The molecule has 0 radical (unpaired) electrons. The summed E-state index contributed by atoms with van der Waals surface area (Å²) in [7, 11) is 4.66. The molecule has 2 aromatic carbocycles. The van der Waals surface area contributed by atoms with Crippen molar-refractivity contribution in [2.24, 2.45) is 0 Å². The van der Waals surface area contributed by atoms with Crippen molar-refractivity contribution in [2.75, 3.05) is 21.3 Å². The molecule has 0 aliphatic rings. The molecule has 4 rings (SSSR count). The minimum absolute atomic E-state index is 0.276. The molecule has 0 amide bonds. The number of ether oxygens (including phenoxy) is 3. The maximum Gasteiger partial charge on any atom is 0.280 e. The van der Waals surface area contributed by atoms with Crippen molar-refractivity contribution in [3.05, 3.63) is 47.2 Å². The summed E-state index contributed by atoms with van der Waals surface area (Å²) in [6.45, 7) is 5.99. The minimum atomic E-state index is 0.276. The molecule has 0 atom stereocenters. The molecule has 0 aliphatic heterocycles. The molecule has 4 aromatic rings. The topological polar surface area (TPSA) is 97.3 Å². The number of methoxy groups -OCH3 is 3. The van der Waals surface area contributed by atoms with Crippen LogP contribution in [0.15, 0.2) is 34.9 Å².